The molecule has 2 aromatic carbocycles. The zero-order chi connectivity index (χ0) is 14.3. The molecule has 0 N–H and O–H groups in total. The molecule has 1 aliphatic carbocycles. The van der Waals surface area contributed by atoms with Gasteiger partial charge in [-0.05, 0) is 35.2 Å². The maximum atomic E-state index is 12.1. The highest BCUT2D eigenvalue weighted by Gasteiger charge is 2.28. The van der Waals surface area contributed by atoms with Gasteiger partial charge in [-0.1, -0.05) is 37.3 Å². The molecule has 0 bridgehead atoms. The van der Waals surface area contributed by atoms with Crippen LogP contribution >= 0.6 is 0 Å². The van der Waals surface area contributed by atoms with Crippen LogP contribution in [0.1, 0.15) is 22.8 Å². The third-order valence-electron chi connectivity index (χ3n) is 4.09. The number of hydrogen-bond donors (Lipinski definition) is 0. The molecular weight excluding hydrogens is 246 g/mol. The summed E-state index contributed by atoms with van der Waals surface area (Å²) >= 11 is 0. The second-order valence-electron chi connectivity index (χ2n) is 5.74. The fraction of sp³-hybridized carbons (Fsp3) is 0.278. The first-order valence-corrected chi connectivity index (χ1v) is 7.02. The Balaban J connectivity index is 2.06. The van der Waals surface area contributed by atoms with Crippen molar-refractivity contribution in [1.82, 2.24) is 0 Å². The van der Waals surface area contributed by atoms with Crippen molar-refractivity contribution in [1.29, 1.82) is 0 Å². The molecule has 1 unspecified atom stereocenters. The molecule has 0 aliphatic heterocycles. The molecule has 0 spiro atoms. The molecule has 2 nitrogen and oxygen atoms in total. The van der Waals surface area contributed by atoms with E-state index >= 15 is 0 Å². The lowest BCUT2D eigenvalue weighted by Crippen LogP contribution is -2.07. The predicted molar refractivity (Wildman–Crippen MR) is 83.4 cm³/mol. The van der Waals surface area contributed by atoms with Crippen molar-refractivity contribution in [2.45, 2.75) is 13.3 Å². The van der Waals surface area contributed by atoms with Gasteiger partial charge in [0.05, 0.1) is 0 Å². The standard InChI is InChI=1S/C18H19NO/c1-12-11-17-15(5-4-6-16(17)18(12)20)13-7-9-14(10-8-13)19(2)3/h4-10,12H,11H2,1-3H3. The number of Topliss-reactive ketones (excluding diaryl/α,β-unsaturated/α-hetero) is 1. The minimum absolute atomic E-state index is 0.118. The van der Waals surface area contributed by atoms with E-state index in [4.69, 9.17) is 0 Å². The third-order valence-corrected chi connectivity index (χ3v) is 4.09. The van der Waals surface area contributed by atoms with E-state index in [0.29, 0.717) is 0 Å². The Morgan fingerprint density at radius 2 is 1.65 bits per heavy atom. The fourth-order valence-corrected chi connectivity index (χ4v) is 2.91. The molecular formula is C18H19NO. The van der Waals surface area contributed by atoms with Gasteiger partial charge in [-0.2, -0.15) is 0 Å². The predicted octanol–water partition coefficient (Wildman–Crippen LogP) is 3.79. The van der Waals surface area contributed by atoms with Crippen LogP contribution in [0.5, 0.6) is 0 Å². The summed E-state index contributed by atoms with van der Waals surface area (Å²) in [4.78, 5) is 14.2. The van der Waals surface area contributed by atoms with Crippen LogP contribution in [0.15, 0.2) is 42.5 Å². The van der Waals surface area contributed by atoms with E-state index in [2.05, 4.69) is 35.2 Å². The van der Waals surface area contributed by atoms with E-state index < -0.39 is 0 Å². The molecule has 3 rings (SSSR count). The van der Waals surface area contributed by atoms with E-state index in [-0.39, 0.29) is 11.7 Å². The van der Waals surface area contributed by atoms with Gasteiger partial charge < -0.3 is 4.90 Å². The van der Waals surface area contributed by atoms with E-state index in [0.717, 1.165) is 12.0 Å². The van der Waals surface area contributed by atoms with Crippen molar-refractivity contribution < 1.29 is 4.79 Å². The number of hydrogen-bond acceptors (Lipinski definition) is 2. The molecule has 20 heavy (non-hydrogen) atoms. The second kappa shape index (κ2) is 4.78. The molecule has 0 aromatic heterocycles. The fourth-order valence-electron chi connectivity index (χ4n) is 2.91. The summed E-state index contributed by atoms with van der Waals surface area (Å²) in [6, 6.07) is 14.6. The van der Waals surface area contributed by atoms with Crippen LogP contribution < -0.4 is 4.90 Å². The van der Waals surface area contributed by atoms with Crippen molar-refractivity contribution in [2.75, 3.05) is 19.0 Å². The lowest BCUT2D eigenvalue weighted by atomic mass is 9.96. The zero-order valence-corrected chi connectivity index (χ0v) is 12.2. The minimum Gasteiger partial charge on any atom is -0.378 e. The van der Waals surface area contributed by atoms with Crippen LogP contribution in [0.4, 0.5) is 5.69 Å². The minimum atomic E-state index is 0.118. The Morgan fingerprint density at radius 3 is 2.30 bits per heavy atom. The van der Waals surface area contributed by atoms with Gasteiger partial charge in [-0.3, -0.25) is 4.79 Å². The van der Waals surface area contributed by atoms with Gasteiger partial charge in [0.2, 0.25) is 0 Å². The number of fused-ring (bicyclic) bond motifs is 1. The van der Waals surface area contributed by atoms with Gasteiger partial charge in [0, 0.05) is 31.3 Å². The number of anilines is 1. The van der Waals surface area contributed by atoms with Gasteiger partial charge in [0.15, 0.2) is 5.78 Å². The Morgan fingerprint density at radius 1 is 1.00 bits per heavy atom. The van der Waals surface area contributed by atoms with E-state index in [9.17, 15) is 4.79 Å². The molecule has 0 heterocycles. The van der Waals surface area contributed by atoms with Crippen LogP contribution in [0.2, 0.25) is 0 Å². The molecule has 0 fully saturated rings. The number of carbonyl (C=O) groups is 1. The average molecular weight is 265 g/mol. The lowest BCUT2D eigenvalue weighted by molar-refractivity contribution is 0.0946. The second-order valence-corrected chi connectivity index (χ2v) is 5.74. The first-order valence-electron chi connectivity index (χ1n) is 7.02. The van der Waals surface area contributed by atoms with E-state index in [1.54, 1.807) is 0 Å². The molecule has 0 radical (unpaired) electrons. The number of nitrogens with zero attached hydrogens (tertiary/aromatic N) is 1. The largest absolute Gasteiger partial charge is 0.378 e. The molecule has 0 saturated heterocycles. The van der Waals surface area contributed by atoms with Crippen LogP contribution in [0.25, 0.3) is 11.1 Å². The summed E-state index contributed by atoms with van der Waals surface area (Å²) < 4.78 is 0. The van der Waals surface area contributed by atoms with Crippen LogP contribution in [-0.2, 0) is 6.42 Å². The Bertz CT molecular complexity index is 656. The molecule has 2 aromatic rings. The van der Waals surface area contributed by atoms with Gasteiger partial charge in [0.1, 0.15) is 0 Å². The Labute approximate surface area is 120 Å². The van der Waals surface area contributed by atoms with Gasteiger partial charge >= 0.3 is 0 Å². The Hall–Kier alpha value is -2.09. The SMILES string of the molecule is CC1Cc2c(cccc2-c2ccc(N(C)C)cc2)C1=O. The lowest BCUT2D eigenvalue weighted by Gasteiger charge is -2.14. The topological polar surface area (TPSA) is 20.3 Å². The van der Waals surface area contributed by atoms with Gasteiger partial charge in [0.25, 0.3) is 0 Å². The van der Waals surface area contributed by atoms with Crippen LogP contribution in [0.3, 0.4) is 0 Å². The summed E-state index contributed by atoms with van der Waals surface area (Å²) in [5.74, 6) is 0.402. The van der Waals surface area contributed by atoms with Crippen molar-refractivity contribution in [3.05, 3.63) is 53.6 Å². The summed E-state index contributed by atoms with van der Waals surface area (Å²) in [5.41, 5.74) is 5.69. The van der Waals surface area contributed by atoms with E-state index in [1.807, 2.05) is 33.2 Å². The smallest absolute Gasteiger partial charge is 0.166 e. The third kappa shape index (κ3) is 2.01. The molecule has 102 valence electrons. The highest BCUT2D eigenvalue weighted by Crippen LogP contribution is 2.35. The number of carbonyl (C=O) groups excluding carboxylic acids is 1. The van der Waals surface area contributed by atoms with Crippen molar-refractivity contribution in [3.8, 4) is 11.1 Å². The van der Waals surface area contributed by atoms with Gasteiger partial charge in [-0.25, -0.2) is 0 Å². The first-order chi connectivity index (χ1) is 9.58. The van der Waals surface area contributed by atoms with E-state index in [1.165, 1.54) is 22.4 Å². The van der Waals surface area contributed by atoms with Crippen LogP contribution in [-0.4, -0.2) is 19.9 Å². The summed E-state index contributed by atoms with van der Waals surface area (Å²) in [6.45, 7) is 2.02. The van der Waals surface area contributed by atoms with Gasteiger partial charge in [-0.15, -0.1) is 0 Å². The van der Waals surface area contributed by atoms with Crippen molar-refractivity contribution >= 4 is 11.5 Å². The maximum absolute atomic E-state index is 12.1. The molecule has 0 amide bonds. The zero-order valence-electron chi connectivity index (χ0n) is 12.2. The number of ketones is 1. The summed E-state index contributed by atoms with van der Waals surface area (Å²) in [7, 11) is 4.07. The summed E-state index contributed by atoms with van der Waals surface area (Å²) in [6.07, 6.45) is 0.861. The Kier molecular flexibility index (Phi) is 3.09. The normalized spacial score (nSPS) is 17.1. The van der Waals surface area contributed by atoms with Crippen molar-refractivity contribution in [2.24, 2.45) is 5.92 Å². The maximum Gasteiger partial charge on any atom is 0.166 e. The van der Waals surface area contributed by atoms with Crippen LogP contribution in [0, 0.1) is 5.92 Å². The molecule has 2 heteroatoms. The average Bonchev–Trinajstić information content (AvgIpc) is 2.74. The molecule has 1 atom stereocenters. The quantitative estimate of drug-likeness (QED) is 0.823. The monoisotopic (exact) mass is 265 g/mol. The van der Waals surface area contributed by atoms with Crippen molar-refractivity contribution in [3.63, 3.8) is 0 Å². The highest BCUT2D eigenvalue weighted by molar-refractivity contribution is 6.03. The number of benzene rings is 2. The highest BCUT2D eigenvalue weighted by atomic mass is 16.1. The number of rotatable bonds is 2. The molecule has 0 saturated carbocycles. The summed E-state index contributed by atoms with van der Waals surface area (Å²) in [5, 5.41) is 0. The first kappa shape index (κ1) is 12.9. The molecule has 1 aliphatic rings.